The Balaban J connectivity index is 2.52. The second kappa shape index (κ2) is 5.17. The zero-order valence-corrected chi connectivity index (χ0v) is 10.7. The Morgan fingerprint density at radius 1 is 1.17 bits per heavy atom. The van der Waals surface area contributed by atoms with Gasteiger partial charge in [-0.3, -0.25) is 9.59 Å². The lowest BCUT2D eigenvalue weighted by molar-refractivity contribution is 0.0978. The number of rotatable bonds is 4. The molecule has 0 heterocycles. The van der Waals surface area contributed by atoms with E-state index in [2.05, 4.69) is 0 Å². The van der Waals surface area contributed by atoms with Gasteiger partial charge < -0.3 is 4.74 Å². The molecule has 0 aromatic heterocycles. The van der Waals surface area contributed by atoms with Crippen LogP contribution < -0.4 is 4.74 Å². The Hall–Kier alpha value is -1.90. The third-order valence-corrected chi connectivity index (χ3v) is 2.93. The van der Waals surface area contributed by atoms with Crippen LogP contribution in [-0.4, -0.2) is 18.2 Å². The van der Waals surface area contributed by atoms with Crippen LogP contribution in [-0.2, 0) is 0 Å². The van der Waals surface area contributed by atoms with E-state index in [1.54, 1.807) is 18.2 Å². The standard InChI is InChI=1S/C15H16O3/c1-3-6-10-9-12(16)11-7-5-8-13(18-4-2)14(11)15(10)17/h5,7-9H,3-4,6H2,1-2H3. The second-order valence-electron chi connectivity index (χ2n) is 4.22. The van der Waals surface area contributed by atoms with Gasteiger partial charge in [0.15, 0.2) is 11.6 Å². The molecule has 0 spiro atoms. The fraction of sp³-hybridized carbons (Fsp3) is 0.333. The molecule has 0 saturated heterocycles. The van der Waals surface area contributed by atoms with Gasteiger partial charge in [-0.05, 0) is 25.5 Å². The molecule has 0 fully saturated rings. The Labute approximate surface area is 106 Å². The molecule has 0 amide bonds. The predicted molar refractivity (Wildman–Crippen MR) is 69.3 cm³/mol. The van der Waals surface area contributed by atoms with E-state index in [0.717, 1.165) is 6.42 Å². The van der Waals surface area contributed by atoms with E-state index in [4.69, 9.17) is 4.74 Å². The molecule has 0 unspecified atom stereocenters. The van der Waals surface area contributed by atoms with Crippen molar-refractivity contribution in [3.05, 3.63) is 41.0 Å². The van der Waals surface area contributed by atoms with E-state index in [1.165, 1.54) is 6.08 Å². The summed E-state index contributed by atoms with van der Waals surface area (Å²) in [6.07, 6.45) is 2.94. The van der Waals surface area contributed by atoms with Crippen molar-refractivity contribution >= 4 is 11.6 Å². The number of benzene rings is 1. The summed E-state index contributed by atoms with van der Waals surface area (Å²) in [6.45, 7) is 4.32. The van der Waals surface area contributed by atoms with Gasteiger partial charge in [-0.1, -0.05) is 25.5 Å². The third-order valence-electron chi connectivity index (χ3n) is 2.93. The maximum Gasteiger partial charge on any atom is 0.193 e. The monoisotopic (exact) mass is 244 g/mol. The van der Waals surface area contributed by atoms with Crippen molar-refractivity contribution < 1.29 is 14.3 Å². The molecule has 3 heteroatoms. The summed E-state index contributed by atoms with van der Waals surface area (Å²) in [5.74, 6) is 0.333. The number of hydrogen-bond acceptors (Lipinski definition) is 3. The van der Waals surface area contributed by atoms with Crippen molar-refractivity contribution in [2.75, 3.05) is 6.61 Å². The fourth-order valence-electron chi connectivity index (χ4n) is 2.16. The average molecular weight is 244 g/mol. The van der Waals surface area contributed by atoms with E-state index in [9.17, 15) is 9.59 Å². The van der Waals surface area contributed by atoms with Crippen molar-refractivity contribution in [1.82, 2.24) is 0 Å². The van der Waals surface area contributed by atoms with E-state index < -0.39 is 0 Å². The lowest BCUT2D eigenvalue weighted by atomic mass is 9.87. The molecule has 0 radical (unpaired) electrons. The van der Waals surface area contributed by atoms with Crippen LogP contribution in [0.2, 0.25) is 0 Å². The van der Waals surface area contributed by atoms with Gasteiger partial charge in [0.25, 0.3) is 0 Å². The molecular formula is C15H16O3. The van der Waals surface area contributed by atoms with Gasteiger partial charge in [-0.25, -0.2) is 0 Å². The predicted octanol–water partition coefficient (Wildman–Crippen LogP) is 3.19. The van der Waals surface area contributed by atoms with Crippen molar-refractivity contribution in [1.29, 1.82) is 0 Å². The molecule has 0 bridgehead atoms. The first-order valence-electron chi connectivity index (χ1n) is 6.24. The summed E-state index contributed by atoms with van der Waals surface area (Å²) in [7, 11) is 0. The van der Waals surface area contributed by atoms with Crippen LogP contribution in [0.5, 0.6) is 5.75 Å². The van der Waals surface area contributed by atoms with E-state index in [1.807, 2.05) is 13.8 Å². The van der Waals surface area contributed by atoms with Crippen molar-refractivity contribution in [3.8, 4) is 5.75 Å². The Kier molecular flexibility index (Phi) is 3.60. The summed E-state index contributed by atoms with van der Waals surface area (Å²) in [6, 6.07) is 5.16. The SMILES string of the molecule is CCCC1=CC(=O)c2cccc(OCC)c2C1=O. The lowest BCUT2D eigenvalue weighted by Gasteiger charge is -2.17. The maximum absolute atomic E-state index is 12.3. The number of fused-ring (bicyclic) bond motifs is 1. The smallest absolute Gasteiger partial charge is 0.193 e. The van der Waals surface area contributed by atoms with Crippen LogP contribution in [0.3, 0.4) is 0 Å². The molecular weight excluding hydrogens is 228 g/mol. The summed E-state index contributed by atoms with van der Waals surface area (Å²) in [5, 5.41) is 0. The minimum atomic E-state index is -0.102. The Bertz CT molecular complexity index is 527. The van der Waals surface area contributed by atoms with Crippen LogP contribution in [0.15, 0.2) is 29.8 Å². The maximum atomic E-state index is 12.3. The molecule has 0 aliphatic heterocycles. The number of Topliss-reactive ketones (excluding diaryl/α,β-unsaturated/α-hetero) is 1. The molecule has 0 saturated carbocycles. The normalized spacial score (nSPS) is 14.2. The van der Waals surface area contributed by atoms with Crippen LogP contribution in [0.4, 0.5) is 0 Å². The highest BCUT2D eigenvalue weighted by atomic mass is 16.5. The summed E-state index contributed by atoms with van der Waals surface area (Å²) < 4.78 is 5.45. The zero-order chi connectivity index (χ0) is 13.1. The van der Waals surface area contributed by atoms with Crippen LogP contribution in [0.1, 0.15) is 47.4 Å². The zero-order valence-electron chi connectivity index (χ0n) is 10.7. The molecule has 0 N–H and O–H groups in total. The first-order valence-corrected chi connectivity index (χ1v) is 6.24. The minimum Gasteiger partial charge on any atom is -0.493 e. The lowest BCUT2D eigenvalue weighted by Crippen LogP contribution is -2.18. The third kappa shape index (κ3) is 2.08. The molecule has 18 heavy (non-hydrogen) atoms. The van der Waals surface area contributed by atoms with Gasteiger partial charge in [-0.2, -0.15) is 0 Å². The minimum absolute atomic E-state index is 0.0736. The molecule has 2 rings (SSSR count). The first kappa shape index (κ1) is 12.6. The molecule has 94 valence electrons. The molecule has 3 nitrogen and oxygen atoms in total. The Morgan fingerprint density at radius 3 is 2.61 bits per heavy atom. The van der Waals surface area contributed by atoms with Crippen molar-refractivity contribution in [3.63, 3.8) is 0 Å². The highest BCUT2D eigenvalue weighted by Crippen LogP contribution is 2.31. The fourth-order valence-corrected chi connectivity index (χ4v) is 2.16. The summed E-state index contributed by atoms with van der Waals surface area (Å²) in [4.78, 5) is 24.3. The van der Waals surface area contributed by atoms with E-state index in [0.29, 0.717) is 35.5 Å². The number of ketones is 2. The van der Waals surface area contributed by atoms with Gasteiger partial charge in [0.05, 0.1) is 12.2 Å². The van der Waals surface area contributed by atoms with Crippen LogP contribution >= 0.6 is 0 Å². The molecule has 1 aromatic rings. The molecule has 0 atom stereocenters. The molecule has 1 aliphatic carbocycles. The van der Waals surface area contributed by atoms with Gasteiger partial charge in [0.1, 0.15) is 5.75 Å². The van der Waals surface area contributed by atoms with Gasteiger partial charge >= 0.3 is 0 Å². The molecule has 1 aromatic carbocycles. The van der Waals surface area contributed by atoms with Crippen LogP contribution in [0, 0.1) is 0 Å². The highest BCUT2D eigenvalue weighted by molar-refractivity contribution is 6.25. The number of hydrogen-bond donors (Lipinski definition) is 0. The number of carbonyl (C=O) groups is 2. The Morgan fingerprint density at radius 2 is 1.94 bits per heavy atom. The largest absolute Gasteiger partial charge is 0.493 e. The summed E-state index contributed by atoms with van der Waals surface area (Å²) in [5.41, 5.74) is 1.46. The molecule has 1 aliphatic rings. The quantitative estimate of drug-likeness (QED) is 0.817. The average Bonchev–Trinajstić information content (AvgIpc) is 2.36. The summed E-state index contributed by atoms with van der Waals surface area (Å²) >= 11 is 0. The number of allylic oxidation sites excluding steroid dienone is 2. The second-order valence-corrected chi connectivity index (χ2v) is 4.22. The van der Waals surface area contributed by atoms with E-state index in [-0.39, 0.29) is 11.6 Å². The van der Waals surface area contributed by atoms with Crippen molar-refractivity contribution in [2.24, 2.45) is 0 Å². The first-order chi connectivity index (χ1) is 8.69. The number of ether oxygens (including phenoxy) is 1. The van der Waals surface area contributed by atoms with Crippen molar-refractivity contribution in [2.45, 2.75) is 26.7 Å². The van der Waals surface area contributed by atoms with E-state index >= 15 is 0 Å². The van der Waals surface area contributed by atoms with Crippen LogP contribution in [0.25, 0.3) is 0 Å². The highest BCUT2D eigenvalue weighted by Gasteiger charge is 2.28. The topological polar surface area (TPSA) is 43.4 Å². The van der Waals surface area contributed by atoms with Gasteiger partial charge in [0.2, 0.25) is 0 Å². The number of carbonyl (C=O) groups excluding carboxylic acids is 2. The van der Waals surface area contributed by atoms with Gasteiger partial charge in [0, 0.05) is 11.1 Å². The van der Waals surface area contributed by atoms with Gasteiger partial charge in [-0.15, -0.1) is 0 Å².